The van der Waals surface area contributed by atoms with E-state index in [9.17, 15) is 14.0 Å². The second kappa shape index (κ2) is 9.32. The van der Waals surface area contributed by atoms with Crippen LogP contribution in [0.15, 0.2) is 48.5 Å². The number of amides is 2. The van der Waals surface area contributed by atoms with Crippen LogP contribution < -0.4 is 10.1 Å². The maximum atomic E-state index is 13.2. The average molecular weight is 385 g/mol. The van der Waals surface area contributed by atoms with Crippen molar-refractivity contribution in [3.05, 3.63) is 59.9 Å². The van der Waals surface area contributed by atoms with Crippen LogP contribution in [0.4, 0.5) is 10.1 Å². The van der Waals surface area contributed by atoms with E-state index in [-0.39, 0.29) is 25.0 Å². The number of rotatable bonds is 6. The molecule has 7 heteroatoms. The van der Waals surface area contributed by atoms with E-state index in [4.69, 9.17) is 4.74 Å². The molecule has 2 aromatic rings. The summed E-state index contributed by atoms with van der Waals surface area (Å²) in [4.78, 5) is 28.2. The predicted molar refractivity (Wildman–Crippen MR) is 105 cm³/mol. The number of ether oxygens (including phenoxy) is 1. The van der Waals surface area contributed by atoms with E-state index < -0.39 is 5.82 Å². The topological polar surface area (TPSA) is 61.9 Å². The second-order valence-electron chi connectivity index (χ2n) is 6.77. The van der Waals surface area contributed by atoms with Crippen LogP contribution in [-0.2, 0) is 9.59 Å². The molecule has 148 valence electrons. The van der Waals surface area contributed by atoms with Gasteiger partial charge in [-0.15, -0.1) is 0 Å². The van der Waals surface area contributed by atoms with Crippen LogP contribution in [0.2, 0.25) is 0 Å². The van der Waals surface area contributed by atoms with Crippen molar-refractivity contribution in [3.63, 3.8) is 0 Å². The highest BCUT2D eigenvalue weighted by atomic mass is 19.1. The van der Waals surface area contributed by atoms with Gasteiger partial charge < -0.3 is 15.0 Å². The Labute approximate surface area is 163 Å². The predicted octanol–water partition coefficient (Wildman–Crippen LogP) is 2.30. The highest BCUT2D eigenvalue weighted by Gasteiger charge is 2.22. The third-order valence-electron chi connectivity index (χ3n) is 4.65. The van der Waals surface area contributed by atoms with Gasteiger partial charge in [0.1, 0.15) is 11.6 Å². The van der Waals surface area contributed by atoms with Crippen LogP contribution in [0.5, 0.6) is 5.75 Å². The zero-order valence-corrected chi connectivity index (χ0v) is 15.9. The zero-order valence-electron chi connectivity index (χ0n) is 15.9. The van der Waals surface area contributed by atoms with Crippen LogP contribution in [0.3, 0.4) is 0 Å². The van der Waals surface area contributed by atoms with E-state index in [1.807, 2.05) is 36.1 Å². The van der Waals surface area contributed by atoms with Gasteiger partial charge in [-0.25, -0.2) is 4.39 Å². The zero-order chi connectivity index (χ0) is 19.9. The molecular weight excluding hydrogens is 361 g/mol. The number of piperazine rings is 1. The van der Waals surface area contributed by atoms with Gasteiger partial charge in [0.25, 0.3) is 5.91 Å². The molecule has 6 nitrogen and oxygen atoms in total. The van der Waals surface area contributed by atoms with Crippen molar-refractivity contribution in [1.29, 1.82) is 0 Å². The van der Waals surface area contributed by atoms with E-state index >= 15 is 0 Å². The molecule has 0 unspecified atom stereocenters. The minimum Gasteiger partial charge on any atom is -0.484 e. The molecule has 2 aromatic carbocycles. The SMILES string of the molecule is Cc1ccccc1OCC(=O)N1CCN(CC(=O)Nc2cccc(F)c2)CC1. The van der Waals surface area contributed by atoms with Gasteiger partial charge >= 0.3 is 0 Å². The lowest BCUT2D eigenvalue weighted by Gasteiger charge is -2.34. The van der Waals surface area contributed by atoms with Crippen LogP contribution in [0.25, 0.3) is 0 Å². The van der Waals surface area contributed by atoms with Crippen LogP contribution >= 0.6 is 0 Å². The normalized spacial score (nSPS) is 14.6. The van der Waals surface area contributed by atoms with Gasteiger partial charge in [-0.3, -0.25) is 14.5 Å². The first-order chi connectivity index (χ1) is 13.5. The molecular formula is C21H24FN3O3. The molecule has 0 spiro atoms. The monoisotopic (exact) mass is 385 g/mol. The van der Waals surface area contributed by atoms with Crippen molar-refractivity contribution in [2.75, 3.05) is 44.6 Å². The number of hydrogen-bond donors (Lipinski definition) is 1. The molecule has 0 bridgehead atoms. The first-order valence-corrected chi connectivity index (χ1v) is 9.25. The number of hydrogen-bond acceptors (Lipinski definition) is 4. The van der Waals surface area contributed by atoms with Crippen LogP contribution in [0.1, 0.15) is 5.56 Å². The molecule has 0 aromatic heterocycles. The van der Waals surface area contributed by atoms with Crippen molar-refractivity contribution in [3.8, 4) is 5.75 Å². The number of nitrogens with zero attached hydrogens (tertiary/aromatic N) is 2. The smallest absolute Gasteiger partial charge is 0.260 e. The fraction of sp³-hybridized carbons (Fsp3) is 0.333. The molecule has 2 amide bonds. The molecule has 1 saturated heterocycles. The lowest BCUT2D eigenvalue weighted by atomic mass is 10.2. The van der Waals surface area contributed by atoms with Crippen LogP contribution in [0, 0.1) is 12.7 Å². The van der Waals surface area contributed by atoms with Gasteiger partial charge in [0.2, 0.25) is 5.91 Å². The van der Waals surface area contributed by atoms with E-state index in [1.54, 1.807) is 17.0 Å². The quantitative estimate of drug-likeness (QED) is 0.829. The third kappa shape index (κ3) is 5.53. The van der Waals surface area contributed by atoms with Gasteiger partial charge in [-0.1, -0.05) is 24.3 Å². The largest absolute Gasteiger partial charge is 0.484 e. The maximum absolute atomic E-state index is 13.2. The molecule has 0 atom stereocenters. The van der Waals surface area contributed by atoms with E-state index in [0.717, 1.165) is 5.56 Å². The summed E-state index contributed by atoms with van der Waals surface area (Å²) in [5.41, 5.74) is 1.43. The molecule has 1 N–H and O–H groups in total. The maximum Gasteiger partial charge on any atom is 0.260 e. The Kier molecular flexibility index (Phi) is 6.60. The first-order valence-electron chi connectivity index (χ1n) is 9.25. The minimum atomic E-state index is -0.391. The summed E-state index contributed by atoms with van der Waals surface area (Å²) >= 11 is 0. The number of carbonyl (C=O) groups excluding carboxylic acids is 2. The number of benzene rings is 2. The summed E-state index contributed by atoms with van der Waals surface area (Å²) in [5, 5.41) is 2.69. The fourth-order valence-electron chi connectivity index (χ4n) is 3.07. The lowest BCUT2D eigenvalue weighted by Crippen LogP contribution is -2.51. The van der Waals surface area contributed by atoms with Crippen molar-refractivity contribution in [2.45, 2.75) is 6.92 Å². The van der Waals surface area contributed by atoms with Gasteiger partial charge in [0, 0.05) is 31.9 Å². The Morgan fingerprint density at radius 3 is 2.54 bits per heavy atom. The van der Waals surface area contributed by atoms with E-state index in [0.29, 0.717) is 37.6 Å². The van der Waals surface area contributed by atoms with Gasteiger partial charge in [0.15, 0.2) is 6.61 Å². The fourth-order valence-corrected chi connectivity index (χ4v) is 3.07. The summed E-state index contributed by atoms with van der Waals surface area (Å²) in [7, 11) is 0. The summed E-state index contributed by atoms with van der Waals surface area (Å²) in [6.45, 7) is 4.45. The standard InChI is InChI=1S/C21H24FN3O3/c1-16-5-2-3-8-19(16)28-15-21(27)25-11-9-24(10-12-25)14-20(26)23-18-7-4-6-17(22)13-18/h2-8,13H,9-12,14-15H2,1H3,(H,23,26). The van der Waals surface area contributed by atoms with E-state index in [1.165, 1.54) is 12.1 Å². The molecule has 28 heavy (non-hydrogen) atoms. The highest BCUT2D eigenvalue weighted by molar-refractivity contribution is 5.92. The number of carbonyl (C=O) groups is 2. The number of anilines is 1. The summed E-state index contributed by atoms with van der Waals surface area (Å²) in [5.74, 6) is 0.0572. The summed E-state index contributed by atoms with van der Waals surface area (Å²) in [6, 6.07) is 13.4. The molecule has 1 fully saturated rings. The Bertz CT molecular complexity index is 835. The van der Waals surface area contributed by atoms with Crippen molar-refractivity contribution in [1.82, 2.24) is 9.80 Å². The minimum absolute atomic E-state index is 0.00487. The number of aryl methyl sites for hydroxylation is 1. The number of halogens is 1. The molecule has 1 aliphatic heterocycles. The third-order valence-corrected chi connectivity index (χ3v) is 4.65. The molecule has 0 aliphatic carbocycles. The van der Waals surface area contributed by atoms with Crippen LogP contribution in [-0.4, -0.2) is 60.9 Å². The summed E-state index contributed by atoms with van der Waals surface area (Å²) < 4.78 is 18.8. The van der Waals surface area contributed by atoms with Crippen molar-refractivity contribution >= 4 is 17.5 Å². The van der Waals surface area contributed by atoms with Gasteiger partial charge in [-0.2, -0.15) is 0 Å². The summed E-state index contributed by atoms with van der Waals surface area (Å²) in [6.07, 6.45) is 0. The Morgan fingerprint density at radius 2 is 1.82 bits per heavy atom. The van der Waals surface area contributed by atoms with Gasteiger partial charge in [-0.05, 0) is 36.8 Å². The second-order valence-corrected chi connectivity index (χ2v) is 6.77. The lowest BCUT2D eigenvalue weighted by molar-refractivity contribution is -0.135. The van der Waals surface area contributed by atoms with E-state index in [2.05, 4.69) is 5.32 Å². The van der Waals surface area contributed by atoms with Crippen molar-refractivity contribution < 1.29 is 18.7 Å². The Balaban J connectivity index is 1.40. The highest BCUT2D eigenvalue weighted by Crippen LogP contribution is 2.16. The van der Waals surface area contributed by atoms with Gasteiger partial charge in [0.05, 0.1) is 6.54 Å². The number of nitrogens with one attached hydrogen (secondary N) is 1. The Hall–Kier alpha value is -2.93. The Morgan fingerprint density at radius 1 is 1.07 bits per heavy atom. The molecule has 0 saturated carbocycles. The van der Waals surface area contributed by atoms with Crippen molar-refractivity contribution in [2.24, 2.45) is 0 Å². The number of para-hydroxylation sites is 1. The molecule has 0 radical (unpaired) electrons. The molecule has 1 heterocycles. The average Bonchev–Trinajstić information content (AvgIpc) is 2.67. The first kappa shape index (κ1) is 19.8. The molecule has 3 rings (SSSR count). The molecule has 1 aliphatic rings.